The first-order valence-electron chi connectivity index (χ1n) is 12.6. The van der Waals surface area contributed by atoms with Crippen molar-refractivity contribution in [1.82, 2.24) is 14.8 Å². The lowest BCUT2D eigenvalue weighted by Crippen LogP contribution is -2.58. The van der Waals surface area contributed by atoms with Gasteiger partial charge in [0.15, 0.2) is 11.6 Å². The number of carboxylic acid groups (broad SMARTS) is 1. The van der Waals surface area contributed by atoms with Crippen molar-refractivity contribution >= 4 is 29.4 Å². The Morgan fingerprint density at radius 3 is 2.61 bits per heavy atom. The Morgan fingerprint density at radius 1 is 1.26 bits per heavy atom. The largest absolute Gasteiger partial charge is 0.497 e. The minimum absolute atomic E-state index is 0.0173. The zero-order valence-corrected chi connectivity index (χ0v) is 23.1. The fourth-order valence-electron chi connectivity index (χ4n) is 5.47. The van der Waals surface area contributed by atoms with E-state index in [-0.39, 0.29) is 47.3 Å². The van der Waals surface area contributed by atoms with E-state index < -0.39 is 23.4 Å². The molecule has 1 aromatic heterocycles. The van der Waals surface area contributed by atoms with E-state index in [0.29, 0.717) is 24.3 Å². The molecule has 1 fully saturated rings. The van der Waals surface area contributed by atoms with E-state index in [9.17, 15) is 14.7 Å². The molecule has 0 spiro atoms. The van der Waals surface area contributed by atoms with Gasteiger partial charge in [-0.25, -0.2) is 14.2 Å². The number of hydrogen-bond donors (Lipinski definition) is 2. The molecular formula is C27H34ClFN4O5. The van der Waals surface area contributed by atoms with Crippen LogP contribution in [0.15, 0.2) is 18.2 Å². The number of aromatic nitrogens is 1. The van der Waals surface area contributed by atoms with E-state index in [4.69, 9.17) is 21.1 Å². The number of nitrogens with zero attached hydrogens (tertiary/aromatic N) is 3. The predicted molar refractivity (Wildman–Crippen MR) is 142 cm³/mol. The number of methoxy groups -OCH3 is 2. The Kier molecular flexibility index (Phi) is 7.92. The van der Waals surface area contributed by atoms with Gasteiger partial charge >= 0.3 is 6.09 Å². The van der Waals surface area contributed by atoms with Crippen molar-refractivity contribution in [2.45, 2.75) is 77.2 Å². The van der Waals surface area contributed by atoms with Gasteiger partial charge in [0, 0.05) is 35.3 Å². The Balaban J connectivity index is 1.60. The number of rotatable bonds is 7. The standard InChI is InChI=1S/C27H34ClFN4O5/c1-27(2,3)33(26(35)36)19-9-7-6-8-18(19)30-24-22(29)17-14-32(25(34)21(17)23(28)31-24)13-15-10-11-16(37-4)12-20(15)38-5/h10-12,18-19H,6-9,13-14H2,1-5H3,(H,30,31)(H,35,36). The third-order valence-corrected chi connectivity index (χ3v) is 7.48. The van der Waals surface area contributed by atoms with Crippen LogP contribution in [0.5, 0.6) is 11.5 Å². The summed E-state index contributed by atoms with van der Waals surface area (Å²) in [5.41, 5.74) is 0.316. The van der Waals surface area contributed by atoms with Crippen LogP contribution in [0.1, 0.15) is 67.9 Å². The number of benzene rings is 1. The molecule has 1 aliphatic carbocycles. The van der Waals surface area contributed by atoms with Gasteiger partial charge in [0.2, 0.25) is 0 Å². The Morgan fingerprint density at radius 2 is 1.97 bits per heavy atom. The minimum Gasteiger partial charge on any atom is -0.497 e. The highest BCUT2D eigenvalue weighted by molar-refractivity contribution is 6.33. The summed E-state index contributed by atoms with van der Waals surface area (Å²) in [6.07, 6.45) is 2.04. The summed E-state index contributed by atoms with van der Waals surface area (Å²) in [4.78, 5) is 32.5. The van der Waals surface area contributed by atoms with Gasteiger partial charge in [0.05, 0.1) is 32.4 Å². The summed E-state index contributed by atoms with van der Waals surface area (Å²) >= 11 is 6.44. The number of halogens is 2. The molecule has 2 atom stereocenters. The van der Waals surface area contributed by atoms with E-state index in [1.807, 2.05) is 20.8 Å². The van der Waals surface area contributed by atoms with Crippen LogP contribution in [0.4, 0.5) is 15.0 Å². The van der Waals surface area contributed by atoms with Gasteiger partial charge in [-0.1, -0.05) is 24.4 Å². The quantitative estimate of drug-likeness (QED) is 0.437. The number of ether oxygens (including phenoxy) is 2. The maximum absolute atomic E-state index is 15.8. The lowest BCUT2D eigenvalue weighted by Gasteiger charge is -2.45. The van der Waals surface area contributed by atoms with Crippen molar-refractivity contribution in [3.63, 3.8) is 0 Å². The van der Waals surface area contributed by atoms with Crippen LogP contribution in [0.2, 0.25) is 5.15 Å². The fourth-order valence-corrected chi connectivity index (χ4v) is 5.75. The first-order valence-corrected chi connectivity index (χ1v) is 13.0. The molecule has 206 valence electrons. The van der Waals surface area contributed by atoms with E-state index in [1.54, 1.807) is 25.3 Å². The third kappa shape index (κ3) is 5.32. The molecule has 2 aromatic rings. The SMILES string of the molecule is COc1ccc(CN2Cc3c(F)c(NC4CCCCC4N(C(=O)O)C(C)(C)C)nc(Cl)c3C2=O)c(OC)c1. The van der Waals surface area contributed by atoms with Crippen LogP contribution >= 0.6 is 11.6 Å². The van der Waals surface area contributed by atoms with Gasteiger partial charge in [-0.15, -0.1) is 0 Å². The molecule has 2 unspecified atom stereocenters. The lowest BCUT2D eigenvalue weighted by atomic mass is 9.86. The Bertz CT molecular complexity index is 1230. The number of carbonyl (C=O) groups excluding carboxylic acids is 1. The number of amides is 2. The van der Waals surface area contributed by atoms with Gasteiger partial charge in [0.25, 0.3) is 5.91 Å². The van der Waals surface area contributed by atoms with E-state index in [2.05, 4.69) is 10.3 Å². The molecule has 1 aliphatic heterocycles. The second kappa shape index (κ2) is 10.8. The first kappa shape index (κ1) is 27.8. The van der Waals surface area contributed by atoms with Crippen molar-refractivity contribution in [2.75, 3.05) is 19.5 Å². The molecule has 2 heterocycles. The molecule has 9 nitrogen and oxygen atoms in total. The number of hydrogen-bond acceptors (Lipinski definition) is 6. The summed E-state index contributed by atoms with van der Waals surface area (Å²) in [6, 6.07) is 4.56. The molecular weight excluding hydrogens is 515 g/mol. The van der Waals surface area contributed by atoms with Gasteiger partial charge in [-0.05, 0) is 45.7 Å². The number of nitrogens with one attached hydrogen (secondary N) is 1. The molecule has 38 heavy (non-hydrogen) atoms. The molecule has 11 heteroatoms. The van der Waals surface area contributed by atoms with Crippen LogP contribution in [0.25, 0.3) is 0 Å². The molecule has 2 aliphatic rings. The number of carbonyl (C=O) groups is 2. The van der Waals surface area contributed by atoms with Crippen LogP contribution in [-0.2, 0) is 13.1 Å². The van der Waals surface area contributed by atoms with Crippen molar-refractivity contribution in [2.24, 2.45) is 0 Å². The van der Waals surface area contributed by atoms with Crippen LogP contribution < -0.4 is 14.8 Å². The fraction of sp³-hybridized carbons (Fsp3) is 0.519. The molecule has 0 saturated heterocycles. The average Bonchev–Trinajstić information content (AvgIpc) is 3.19. The molecule has 1 aromatic carbocycles. The highest BCUT2D eigenvalue weighted by Crippen LogP contribution is 2.37. The summed E-state index contributed by atoms with van der Waals surface area (Å²) in [7, 11) is 3.08. The summed E-state index contributed by atoms with van der Waals surface area (Å²) < 4.78 is 26.5. The summed E-state index contributed by atoms with van der Waals surface area (Å²) in [5, 5.41) is 13.0. The minimum atomic E-state index is -1.02. The number of fused-ring (bicyclic) bond motifs is 1. The van der Waals surface area contributed by atoms with Gasteiger partial charge < -0.3 is 24.8 Å². The van der Waals surface area contributed by atoms with Crippen LogP contribution in [-0.4, -0.2) is 63.7 Å². The van der Waals surface area contributed by atoms with E-state index >= 15 is 4.39 Å². The zero-order chi connectivity index (χ0) is 27.8. The van der Waals surface area contributed by atoms with Crippen molar-refractivity contribution in [3.05, 3.63) is 45.9 Å². The normalized spacial score (nSPS) is 19.2. The van der Waals surface area contributed by atoms with Crippen molar-refractivity contribution in [3.8, 4) is 11.5 Å². The Hall–Kier alpha value is -3.27. The highest BCUT2D eigenvalue weighted by atomic mass is 35.5. The second-order valence-corrected chi connectivity index (χ2v) is 11.0. The Labute approximate surface area is 226 Å². The van der Waals surface area contributed by atoms with Gasteiger partial charge in [0.1, 0.15) is 16.7 Å². The number of anilines is 1. The maximum Gasteiger partial charge on any atom is 0.408 e. The molecule has 1 saturated carbocycles. The molecule has 0 radical (unpaired) electrons. The van der Waals surface area contributed by atoms with Gasteiger partial charge in [-0.2, -0.15) is 0 Å². The number of pyridine rings is 1. The van der Waals surface area contributed by atoms with Crippen molar-refractivity contribution in [1.29, 1.82) is 0 Å². The lowest BCUT2D eigenvalue weighted by molar-refractivity contribution is 0.0519. The topological polar surface area (TPSA) is 104 Å². The smallest absolute Gasteiger partial charge is 0.408 e. The molecule has 0 bridgehead atoms. The highest BCUT2D eigenvalue weighted by Gasteiger charge is 2.40. The summed E-state index contributed by atoms with van der Waals surface area (Å²) in [5.74, 6) is 0.0292. The molecule has 2 N–H and O–H groups in total. The average molecular weight is 549 g/mol. The predicted octanol–water partition coefficient (Wildman–Crippen LogP) is 5.55. The first-order chi connectivity index (χ1) is 18.0. The van der Waals surface area contributed by atoms with Crippen LogP contribution in [0.3, 0.4) is 0 Å². The van der Waals surface area contributed by atoms with E-state index in [0.717, 1.165) is 18.4 Å². The van der Waals surface area contributed by atoms with Gasteiger partial charge in [-0.3, -0.25) is 9.69 Å². The third-order valence-electron chi connectivity index (χ3n) is 7.21. The summed E-state index contributed by atoms with van der Waals surface area (Å²) in [6.45, 7) is 5.73. The van der Waals surface area contributed by atoms with E-state index in [1.165, 1.54) is 16.9 Å². The maximum atomic E-state index is 15.8. The molecule has 2 amide bonds. The zero-order valence-electron chi connectivity index (χ0n) is 22.3. The molecule has 4 rings (SSSR count). The second-order valence-electron chi connectivity index (χ2n) is 10.7. The monoisotopic (exact) mass is 548 g/mol. The van der Waals surface area contributed by atoms with Crippen molar-refractivity contribution < 1.29 is 28.6 Å². The van der Waals surface area contributed by atoms with Crippen LogP contribution in [0, 0.1) is 5.82 Å².